The van der Waals surface area contributed by atoms with Crippen LogP contribution >= 0.6 is 0 Å². The maximum Gasteiger partial charge on any atom is 0.0233 e. The average molecular weight is 262 g/mol. The van der Waals surface area contributed by atoms with Crippen molar-refractivity contribution in [3.05, 3.63) is 35.4 Å². The lowest BCUT2D eigenvalue weighted by Gasteiger charge is -2.27. The molecule has 0 amide bonds. The molecule has 0 fully saturated rings. The van der Waals surface area contributed by atoms with E-state index in [0.717, 1.165) is 13.1 Å². The molecule has 2 heteroatoms. The van der Waals surface area contributed by atoms with Gasteiger partial charge in [0.1, 0.15) is 0 Å². The third-order valence-corrected chi connectivity index (χ3v) is 3.48. The summed E-state index contributed by atoms with van der Waals surface area (Å²) in [6.07, 6.45) is 1.18. The van der Waals surface area contributed by atoms with Crippen molar-refractivity contribution in [3.8, 4) is 0 Å². The van der Waals surface area contributed by atoms with E-state index >= 15 is 0 Å². The fourth-order valence-electron chi connectivity index (χ4n) is 2.13. The molecular formula is C17H30N2. The highest BCUT2D eigenvalue weighted by atomic mass is 15.1. The quantitative estimate of drug-likeness (QED) is 0.843. The summed E-state index contributed by atoms with van der Waals surface area (Å²) in [5.74, 6) is 0. The Morgan fingerprint density at radius 1 is 1.26 bits per heavy atom. The molecule has 1 aromatic rings. The van der Waals surface area contributed by atoms with Crippen LogP contribution in [0.5, 0.6) is 0 Å². The van der Waals surface area contributed by atoms with E-state index in [1.807, 2.05) is 0 Å². The number of hydrogen-bond acceptors (Lipinski definition) is 2. The number of rotatable bonds is 6. The van der Waals surface area contributed by atoms with Gasteiger partial charge < -0.3 is 5.32 Å². The van der Waals surface area contributed by atoms with Crippen LogP contribution in [0.4, 0.5) is 0 Å². The highest BCUT2D eigenvalue weighted by molar-refractivity contribution is 5.22. The van der Waals surface area contributed by atoms with Crippen molar-refractivity contribution in [1.82, 2.24) is 10.2 Å². The van der Waals surface area contributed by atoms with Crippen molar-refractivity contribution >= 4 is 0 Å². The molecule has 1 unspecified atom stereocenters. The summed E-state index contributed by atoms with van der Waals surface area (Å²) in [6, 6.07) is 9.38. The van der Waals surface area contributed by atoms with Crippen LogP contribution in [0.15, 0.2) is 24.3 Å². The summed E-state index contributed by atoms with van der Waals surface area (Å²) in [6.45, 7) is 13.2. The zero-order chi connectivity index (χ0) is 14.5. The second-order valence-electron chi connectivity index (χ2n) is 6.72. The van der Waals surface area contributed by atoms with E-state index in [4.69, 9.17) is 0 Å². The van der Waals surface area contributed by atoms with Gasteiger partial charge in [0.05, 0.1) is 0 Å². The molecule has 0 saturated heterocycles. The number of benzene rings is 1. The minimum atomic E-state index is 0.217. The molecular weight excluding hydrogens is 232 g/mol. The molecule has 0 saturated carbocycles. The van der Waals surface area contributed by atoms with Crippen LogP contribution < -0.4 is 5.32 Å². The highest BCUT2D eigenvalue weighted by Crippen LogP contribution is 2.10. The van der Waals surface area contributed by atoms with Gasteiger partial charge in [-0.3, -0.25) is 4.90 Å². The Balaban J connectivity index is 2.38. The molecule has 1 aromatic carbocycles. The Kier molecular flexibility index (Phi) is 6.02. The maximum absolute atomic E-state index is 3.55. The standard InChI is InChI=1S/C17H30N2/c1-14-8-7-9-16(12-14)13-19(6)15(2)10-11-18-17(3,4)5/h7-9,12,15,18H,10-11,13H2,1-6H3. The first-order valence-corrected chi connectivity index (χ1v) is 7.29. The Labute approximate surface area is 119 Å². The molecule has 0 aromatic heterocycles. The van der Waals surface area contributed by atoms with E-state index in [0.29, 0.717) is 6.04 Å². The van der Waals surface area contributed by atoms with E-state index < -0.39 is 0 Å². The van der Waals surface area contributed by atoms with E-state index in [9.17, 15) is 0 Å². The Hall–Kier alpha value is -0.860. The molecule has 0 spiro atoms. The van der Waals surface area contributed by atoms with Gasteiger partial charge in [0.25, 0.3) is 0 Å². The molecule has 0 aliphatic heterocycles. The lowest BCUT2D eigenvalue weighted by atomic mass is 10.1. The normalized spacial score (nSPS) is 13.8. The van der Waals surface area contributed by atoms with Gasteiger partial charge in [-0.2, -0.15) is 0 Å². The topological polar surface area (TPSA) is 15.3 Å². The Morgan fingerprint density at radius 3 is 2.53 bits per heavy atom. The molecule has 0 heterocycles. The number of nitrogens with one attached hydrogen (secondary N) is 1. The molecule has 0 radical (unpaired) electrons. The molecule has 0 bridgehead atoms. The summed E-state index contributed by atoms with van der Waals surface area (Å²) in [5, 5.41) is 3.55. The summed E-state index contributed by atoms with van der Waals surface area (Å²) in [4.78, 5) is 2.43. The summed E-state index contributed by atoms with van der Waals surface area (Å²) < 4.78 is 0. The van der Waals surface area contributed by atoms with Gasteiger partial charge in [0.2, 0.25) is 0 Å². The highest BCUT2D eigenvalue weighted by Gasteiger charge is 2.12. The second-order valence-corrected chi connectivity index (χ2v) is 6.72. The lowest BCUT2D eigenvalue weighted by Crippen LogP contribution is -2.39. The number of aryl methyl sites for hydroxylation is 1. The Morgan fingerprint density at radius 2 is 1.95 bits per heavy atom. The minimum Gasteiger partial charge on any atom is -0.312 e. The van der Waals surface area contributed by atoms with E-state index in [1.165, 1.54) is 17.5 Å². The zero-order valence-corrected chi connectivity index (χ0v) is 13.5. The van der Waals surface area contributed by atoms with Crippen molar-refractivity contribution in [3.63, 3.8) is 0 Å². The van der Waals surface area contributed by atoms with E-state index in [1.54, 1.807) is 0 Å². The minimum absolute atomic E-state index is 0.217. The van der Waals surface area contributed by atoms with Crippen molar-refractivity contribution in [2.24, 2.45) is 0 Å². The van der Waals surface area contributed by atoms with Crippen LogP contribution in [0.2, 0.25) is 0 Å². The average Bonchev–Trinajstić information content (AvgIpc) is 2.27. The summed E-state index contributed by atoms with van der Waals surface area (Å²) >= 11 is 0. The lowest BCUT2D eigenvalue weighted by molar-refractivity contribution is 0.231. The largest absolute Gasteiger partial charge is 0.312 e. The predicted octanol–water partition coefficient (Wildman–Crippen LogP) is 3.59. The fourth-order valence-corrected chi connectivity index (χ4v) is 2.13. The van der Waals surface area contributed by atoms with Crippen molar-refractivity contribution in [2.75, 3.05) is 13.6 Å². The van der Waals surface area contributed by atoms with Crippen molar-refractivity contribution in [1.29, 1.82) is 0 Å². The maximum atomic E-state index is 3.55. The van der Waals surface area contributed by atoms with Crippen LogP contribution in [-0.4, -0.2) is 30.1 Å². The first kappa shape index (κ1) is 16.2. The van der Waals surface area contributed by atoms with Crippen LogP contribution in [0, 0.1) is 6.92 Å². The fraction of sp³-hybridized carbons (Fsp3) is 0.647. The van der Waals surface area contributed by atoms with Crippen LogP contribution in [-0.2, 0) is 6.54 Å². The molecule has 0 aliphatic carbocycles. The third-order valence-electron chi connectivity index (χ3n) is 3.48. The van der Waals surface area contributed by atoms with E-state index in [-0.39, 0.29) is 5.54 Å². The molecule has 108 valence electrons. The first-order valence-electron chi connectivity index (χ1n) is 7.29. The van der Waals surface area contributed by atoms with Gasteiger partial charge in [0.15, 0.2) is 0 Å². The SMILES string of the molecule is Cc1cccc(CN(C)C(C)CCNC(C)(C)C)c1. The molecule has 0 aliphatic rings. The van der Waals surface area contributed by atoms with Crippen molar-refractivity contribution in [2.45, 2.75) is 59.2 Å². The zero-order valence-electron chi connectivity index (χ0n) is 13.5. The second kappa shape index (κ2) is 7.06. The molecule has 1 atom stereocenters. The first-order chi connectivity index (χ1) is 8.78. The predicted molar refractivity (Wildman–Crippen MR) is 84.5 cm³/mol. The molecule has 19 heavy (non-hydrogen) atoms. The van der Waals surface area contributed by atoms with Crippen molar-refractivity contribution < 1.29 is 0 Å². The summed E-state index contributed by atoms with van der Waals surface area (Å²) in [7, 11) is 2.21. The van der Waals surface area contributed by atoms with Gasteiger partial charge in [0, 0.05) is 18.1 Å². The molecule has 2 nitrogen and oxygen atoms in total. The summed E-state index contributed by atoms with van der Waals surface area (Å²) in [5.41, 5.74) is 2.96. The molecule has 1 rings (SSSR count). The third kappa shape index (κ3) is 6.74. The van der Waals surface area contributed by atoms with Gasteiger partial charge >= 0.3 is 0 Å². The van der Waals surface area contributed by atoms with Crippen LogP contribution in [0.25, 0.3) is 0 Å². The number of hydrogen-bond donors (Lipinski definition) is 1. The Bertz CT molecular complexity index is 379. The number of nitrogens with zero attached hydrogens (tertiary/aromatic N) is 1. The smallest absolute Gasteiger partial charge is 0.0233 e. The monoisotopic (exact) mass is 262 g/mol. The van der Waals surface area contributed by atoms with E-state index in [2.05, 4.69) is 76.1 Å². The van der Waals surface area contributed by atoms with Gasteiger partial charge in [-0.1, -0.05) is 29.8 Å². The van der Waals surface area contributed by atoms with Crippen LogP contribution in [0.1, 0.15) is 45.2 Å². The van der Waals surface area contributed by atoms with Gasteiger partial charge in [-0.15, -0.1) is 0 Å². The van der Waals surface area contributed by atoms with Gasteiger partial charge in [-0.25, -0.2) is 0 Å². The van der Waals surface area contributed by atoms with Gasteiger partial charge in [-0.05, 0) is 60.2 Å². The van der Waals surface area contributed by atoms with Crippen LogP contribution in [0.3, 0.4) is 0 Å². The molecule has 1 N–H and O–H groups in total.